The first-order valence-electron chi connectivity index (χ1n) is 21.6. The van der Waals surface area contributed by atoms with Gasteiger partial charge < -0.3 is 20.9 Å². The molecule has 0 fully saturated rings. The Balaban J connectivity index is 1.60. The number of carbonyl (C=O) groups excluding carboxylic acids is 2. The summed E-state index contributed by atoms with van der Waals surface area (Å²) < 4.78 is 2.23. The number of nitrogens with one attached hydrogen (secondary N) is 1. The maximum Gasteiger partial charge on any atom is 0.270 e. The molecule has 1 aromatic heterocycles. The highest BCUT2D eigenvalue weighted by Gasteiger charge is 2.37. The van der Waals surface area contributed by atoms with Crippen LogP contribution in [-0.2, 0) is 29.6 Å². The zero-order chi connectivity index (χ0) is 40.8. The fourth-order valence-electron chi connectivity index (χ4n) is 8.42. The van der Waals surface area contributed by atoms with Crippen molar-refractivity contribution in [2.45, 2.75) is 102 Å². The topological polar surface area (TPSA) is 127 Å². The van der Waals surface area contributed by atoms with Crippen molar-refractivity contribution in [2.24, 2.45) is 11.5 Å². The van der Waals surface area contributed by atoms with Crippen LogP contribution in [-0.4, -0.2) is 52.7 Å². The van der Waals surface area contributed by atoms with E-state index in [0.29, 0.717) is 57.7 Å². The van der Waals surface area contributed by atoms with Crippen molar-refractivity contribution >= 4 is 11.8 Å². The largest absolute Gasteiger partial charge is 0.337 e. The lowest BCUT2D eigenvalue weighted by Gasteiger charge is -2.36. The number of unbranched alkanes of at least 4 members (excludes halogenated alkanes) is 8. The Kier molecular flexibility index (Phi) is 18.3. The molecule has 0 aliphatic carbocycles. The van der Waals surface area contributed by atoms with Crippen molar-refractivity contribution in [3.05, 3.63) is 167 Å². The van der Waals surface area contributed by atoms with E-state index in [2.05, 4.69) is 113 Å². The molecule has 0 radical (unpaired) electrons. The molecule has 0 atom stereocenters. The standard InChI is InChI=1S/C50H65N5O3/c51-35-19-3-1-5-21-37-54(38-22-6-2-4-20-36-52)49(57)47-39-42(31-32-48(56)53-58)46(55(47)40-41-23-11-7-12-24-41)33-34-50(43-25-13-8-14-26-43,44-27-15-9-16-28-44)45-29-17-10-18-30-45/h7-18,23-30,39,58H,1-6,19-22,31-38,40,51-52H2,(H,53,56). The van der Waals surface area contributed by atoms with Crippen molar-refractivity contribution in [2.75, 3.05) is 26.2 Å². The molecule has 0 unspecified atom stereocenters. The zero-order valence-corrected chi connectivity index (χ0v) is 34.4. The number of amides is 2. The average Bonchev–Trinajstić information content (AvgIpc) is 3.62. The molecule has 6 N–H and O–H groups in total. The highest BCUT2D eigenvalue weighted by molar-refractivity contribution is 5.93. The molecular formula is C50H65N5O3. The number of hydrogen-bond donors (Lipinski definition) is 4. The number of hydroxylamine groups is 1. The molecule has 4 aromatic carbocycles. The lowest BCUT2D eigenvalue weighted by atomic mass is 9.66. The number of hydrogen-bond acceptors (Lipinski definition) is 5. The summed E-state index contributed by atoms with van der Waals surface area (Å²) in [5.74, 6) is -0.424. The normalized spacial score (nSPS) is 11.4. The van der Waals surface area contributed by atoms with E-state index in [9.17, 15) is 10.0 Å². The average molecular weight is 784 g/mol. The zero-order valence-electron chi connectivity index (χ0n) is 34.4. The van der Waals surface area contributed by atoms with E-state index in [1.54, 1.807) is 0 Å². The van der Waals surface area contributed by atoms with E-state index >= 15 is 4.79 Å². The van der Waals surface area contributed by atoms with E-state index in [1.165, 1.54) is 16.7 Å². The molecule has 0 saturated carbocycles. The lowest BCUT2D eigenvalue weighted by molar-refractivity contribution is -0.129. The minimum absolute atomic E-state index is 0.0272. The summed E-state index contributed by atoms with van der Waals surface area (Å²) in [6.45, 7) is 3.32. The summed E-state index contributed by atoms with van der Waals surface area (Å²) in [5, 5.41) is 9.51. The number of nitrogens with zero attached hydrogens (tertiary/aromatic N) is 2. The second kappa shape index (κ2) is 24.0. The molecule has 5 rings (SSSR count). The van der Waals surface area contributed by atoms with Crippen LogP contribution in [0.2, 0.25) is 0 Å². The van der Waals surface area contributed by atoms with Gasteiger partial charge in [0, 0.05) is 37.2 Å². The predicted molar refractivity (Wildman–Crippen MR) is 236 cm³/mol. The van der Waals surface area contributed by atoms with Gasteiger partial charge in [-0.05, 0) is 91.9 Å². The van der Waals surface area contributed by atoms with Crippen LogP contribution in [0.3, 0.4) is 0 Å². The number of nitrogens with two attached hydrogens (primary N) is 2. The van der Waals surface area contributed by atoms with Crippen molar-refractivity contribution in [3.8, 4) is 0 Å². The van der Waals surface area contributed by atoms with Crippen molar-refractivity contribution < 1.29 is 14.8 Å². The molecule has 8 heteroatoms. The van der Waals surface area contributed by atoms with E-state index in [1.807, 2.05) is 29.7 Å². The van der Waals surface area contributed by atoms with E-state index < -0.39 is 11.3 Å². The van der Waals surface area contributed by atoms with Gasteiger partial charge in [0.05, 0.1) is 0 Å². The number of aryl methyl sites for hydroxylation is 1. The molecule has 0 saturated heterocycles. The van der Waals surface area contributed by atoms with Gasteiger partial charge in [-0.25, -0.2) is 5.48 Å². The minimum Gasteiger partial charge on any atom is -0.337 e. The Morgan fingerprint density at radius 1 is 0.603 bits per heavy atom. The first-order chi connectivity index (χ1) is 28.5. The van der Waals surface area contributed by atoms with Gasteiger partial charge >= 0.3 is 0 Å². The van der Waals surface area contributed by atoms with Gasteiger partial charge in [0.2, 0.25) is 5.91 Å². The third kappa shape index (κ3) is 12.2. The molecule has 58 heavy (non-hydrogen) atoms. The van der Waals surface area contributed by atoms with Gasteiger partial charge in [-0.2, -0.15) is 0 Å². The molecular weight excluding hydrogens is 719 g/mol. The molecule has 0 aliphatic heterocycles. The van der Waals surface area contributed by atoms with E-state index in [4.69, 9.17) is 11.5 Å². The van der Waals surface area contributed by atoms with Crippen molar-refractivity contribution in [1.29, 1.82) is 0 Å². The van der Waals surface area contributed by atoms with Crippen molar-refractivity contribution in [1.82, 2.24) is 14.9 Å². The third-order valence-electron chi connectivity index (χ3n) is 11.5. The van der Waals surface area contributed by atoms with Crippen LogP contribution >= 0.6 is 0 Å². The molecule has 0 bridgehead atoms. The molecule has 1 heterocycles. The van der Waals surface area contributed by atoms with Crippen LogP contribution in [0.15, 0.2) is 127 Å². The summed E-state index contributed by atoms with van der Waals surface area (Å²) in [7, 11) is 0. The van der Waals surface area contributed by atoms with Gasteiger partial charge in [-0.15, -0.1) is 0 Å². The second-order valence-electron chi connectivity index (χ2n) is 15.5. The monoisotopic (exact) mass is 784 g/mol. The van der Waals surface area contributed by atoms with E-state index in [-0.39, 0.29) is 12.3 Å². The Bertz CT molecular complexity index is 1800. The van der Waals surface area contributed by atoms with Gasteiger partial charge in [0.15, 0.2) is 0 Å². The summed E-state index contributed by atoms with van der Waals surface area (Å²) in [6, 6.07) is 44.5. The van der Waals surface area contributed by atoms with Crippen LogP contribution in [0.1, 0.15) is 121 Å². The Hall–Kier alpha value is -5.02. The molecule has 5 aromatic rings. The summed E-state index contributed by atoms with van der Waals surface area (Å²) in [6.07, 6.45) is 12.3. The maximum atomic E-state index is 15.1. The Morgan fingerprint density at radius 3 is 1.52 bits per heavy atom. The minimum atomic E-state index is -0.505. The predicted octanol–water partition coefficient (Wildman–Crippen LogP) is 9.20. The number of rotatable bonds is 26. The lowest BCUT2D eigenvalue weighted by Crippen LogP contribution is -2.35. The fraction of sp³-hybridized carbons (Fsp3) is 0.400. The molecule has 8 nitrogen and oxygen atoms in total. The van der Waals surface area contributed by atoms with Gasteiger partial charge in [-0.3, -0.25) is 14.8 Å². The third-order valence-corrected chi connectivity index (χ3v) is 11.5. The smallest absolute Gasteiger partial charge is 0.270 e. The molecule has 0 aliphatic rings. The summed E-state index contributed by atoms with van der Waals surface area (Å²) in [5.41, 5.74) is 20.1. The van der Waals surface area contributed by atoms with Gasteiger partial charge in [0.25, 0.3) is 5.91 Å². The van der Waals surface area contributed by atoms with E-state index in [0.717, 1.165) is 81.0 Å². The maximum absolute atomic E-state index is 15.1. The second-order valence-corrected chi connectivity index (χ2v) is 15.5. The summed E-state index contributed by atoms with van der Waals surface area (Å²) in [4.78, 5) is 29.7. The first kappa shape index (κ1) is 44.1. The van der Waals surface area contributed by atoms with Crippen LogP contribution in [0.5, 0.6) is 0 Å². The Labute approximate surface area is 346 Å². The van der Waals surface area contributed by atoms with Crippen LogP contribution < -0.4 is 16.9 Å². The van der Waals surface area contributed by atoms with Gasteiger partial charge in [0.1, 0.15) is 5.69 Å². The quantitative estimate of drug-likeness (QED) is 0.0193. The number of aromatic nitrogens is 1. The SMILES string of the molecule is NCCCCCCCN(CCCCCCCN)C(=O)c1cc(CCC(=O)NO)c(CCC(c2ccccc2)(c2ccccc2)c2ccccc2)n1Cc1ccccc1. The first-order valence-corrected chi connectivity index (χ1v) is 21.6. The van der Waals surface area contributed by atoms with Crippen LogP contribution in [0.4, 0.5) is 0 Å². The number of carbonyl (C=O) groups is 2. The Morgan fingerprint density at radius 2 is 1.05 bits per heavy atom. The highest BCUT2D eigenvalue weighted by atomic mass is 16.5. The highest BCUT2D eigenvalue weighted by Crippen LogP contribution is 2.43. The fourth-order valence-corrected chi connectivity index (χ4v) is 8.42. The van der Waals surface area contributed by atoms with Gasteiger partial charge in [-0.1, -0.05) is 160 Å². The van der Waals surface area contributed by atoms with Crippen LogP contribution in [0, 0.1) is 0 Å². The molecule has 0 spiro atoms. The van der Waals surface area contributed by atoms with Crippen molar-refractivity contribution in [3.63, 3.8) is 0 Å². The van der Waals surface area contributed by atoms with Crippen LogP contribution in [0.25, 0.3) is 0 Å². The molecule has 308 valence electrons. The summed E-state index contributed by atoms with van der Waals surface area (Å²) >= 11 is 0. The number of benzene rings is 4. The molecule has 2 amide bonds.